The zero-order valence-corrected chi connectivity index (χ0v) is 16.0. The Labute approximate surface area is 166 Å². The molecule has 2 aromatic rings. The molecule has 1 saturated heterocycles. The predicted molar refractivity (Wildman–Crippen MR) is 108 cm³/mol. The maximum atomic E-state index is 12.0. The molecule has 0 aliphatic carbocycles. The van der Waals surface area contributed by atoms with Crippen LogP contribution in [-0.2, 0) is 11.3 Å². The fourth-order valence-corrected chi connectivity index (χ4v) is 3.27. The number of ether oxygens (including phenoxy) is 1. The van der Waals surface area contributed by atoms with Gasteiger partial charge in [0.1, 0.15) is 5.75 Å². The molecule has 28 heavy (non-hydrogen) atoms. The number of hydrogen-bond donors (Lipinski definition) is 1. The normalized spacial score (nSPS) is 15.1. The van der Waals surface area contributed by atoms with Crippen molar-refractivity contribution in [1.29, 1.82) is 0 Å². The van der Waals surface area contributed by atoms with Gasteiger partial charge >= 0.3 is 0 Å². The quantitative estimate of drug-likeness (QED) is 0.672. The second kappa shape index (κ2) is 10.6. The topological polar surface area (TPSA) is 61.9 Å². The van der Waals surface area contributed by atoms with E-state index in [9.17, 15) is 9.59 Å². The van der Waals surface area contributed by atoms with Crippen LogP contribution in [-0.4, -0.2) is 67.9 Å². The molecular weight excluding hydrogens is 354 g/mol. The van der Waals surface area contributed by atoms with Gasteiger partial charge in [0.2, 0.25) is 0 Å². The summed E-state index contributed by atoms with van der Waals surface area (Å²) in [6, 6.07) is 17.4. The smallest absolute Gasteiger partial charge is 0.257 e. The standard InChI is InChI=1S/C22H27N3O3/c26-17-20-8-4-5-9-21(20)28-18-22(27)23-10-11-24-12-14-25(15-13-24)16-19-6-2-1-3-7-19/h1-9,17H,10-16,18H2,(H,23,27). The molecule has 1 fully saturated rings. The van der Waals surface area contributed by atoms with E-state index in [0.29, 0.717) is 17.9 Å². The molecule has 1 heterocycles. The van der Waals surface area contributed by atoms with E-state index < -0.39 is 0 Å². The minimum Gasteiger partial charge on any atom is -0.483 e. The summed E-state index contributed by atoms with van der Waals surface area (Å²) in [6.07, 6.45) is 0.727. The molecule has 148 valence electrons. The number of amides is 1. The number of hydrogen-bond acceptors (Lipinski definition) is 5. The van der Waals surface area contributed by atoms with Gasteiger partial charge in [-0.3, -0.25) is 19.4 Å². The van der Waals surface area contributed by atoms with Gasteiger partial charge in [0.25, 0.3) is 5.91 Å². The molecular formula is C22H27N3O3. The molecule has 1 amide bonds. The van der Waals surface area contributed by atoms with E-state index in [1.165, 1.54) is 5.56 Å². The number of para-hydroxylation sites is 1. The Morgan fingerprint density at radius 3 is 2.39 bits per heavy atom. The summed E-state index contributed by atoms with van der Waals surface area (Å²) >= 11 is 0. The fourth-order valence-electron chi connectivity index (χ4n) is 3.27. The summed E-state index contributed by atoms with van der Waals surface area (Å²) in [6.45, 7) is 6.41. The summed E-state index contributed by atoms with van der Waals surface area (Å²) in [5, 5.41) is 2.88. The van der Waals surface area contributed by atoms with Crippen molar-refractivity contribution >= 4 is 12.2 Å². The van der Waals surface area contributed by atoms with Crippen molar-refractivity contribution in [2.24, 2.45) is 0 Å². The van der Waals surface area contributed by atoms with Gasteiger partial charge in [-0.25, -0.2) is 0 Å². The first-order valence-corrected chi connectivity index (χ1v) is 9.67. The number of nitrogens with zero attached hydrogens (tertiary/aromatic N) is 2. The number of piperazine rings is 1. The van der Waals surface area contributed by atoms with Crippen LogP contribution in [0.1, 0.15) is 15.9 Å². The lowest BCUT2D eigenvalue weighted by atomic mass is 10.2. The van der Waals surface area contributed by atoms with Crippen LogP contribution in [0.15, 0.2) is 54.6 Å². The van der Waals surface area contributed by atoms with Gasteiger partial charge in [-0.15, -0.1) is 0 Å². The third-order valence-corrected chi connectivity index (χ3v) is 4.87. The maximum absolute atomic E-state index is 12.0. The van der Waals surface area contributed by atoms with Gasteiger partial charge in [0.05, 0.1) is 5.56 Å². The number of nitrogens with one attached hydrogen (secondary N) is 1. The van der Waals surface area contributed by atoms with E-state index >= 15 is 0 Å². The molecule has 0 spiro atoms. The van der Waals surface area contributed by atoms with Gasteiger partial charge in [0, 0.05) is 45.8 Å². The SMILES string of the molecule is O=Cc1ccccc1OCC(=O)NCCN1CCN(Cc2ccccc2)CC1. The van der Waals surface area contributed by atoms with Crippen molar-refractivity contribution in [3.8, 4) is 5.75 Å². The Morgan fingerprint density at radius 2 is 1.64 bits per heavy atom. The molecule has 6 nitrogen and oxygen atoms in total. The number of rotatable bonds is 9. The van der Waals surface area contributed by atoms with E-state index in [-0.39, 0.29) is 12.5 Å². The first kappa shape index (κ1) is 20.0. The highest BCUT2D eigenvalue weighted by atomic mass is 16.5. The number of benzene rings is 2. The van der Waals surface area contributed by atoms with Crippen LogP contribution < -0.4 is 10.1 Å². The Hall–Kier alpha value is -2.70. The van der Waals surface area contributed by atoms with Gasteiger partial charge in [-0.2, -0.15) is 0 Å². The van der Waals surface area contributed by atoms with Crippen LogP contribution >= 0.6 is 0 Å². The molecule has 0 atom stereocenters. The zero-order chi connectivity index (χ0) is 19.6. The van der Waals surface area contributed by atoms with Crippen molar-refractivity contribution in [3.63, 3.8) is 0 Å². The van der Waals surface area contributed by atoms with E-state index in [2.05, 4.69) is 39.4 Å². The predicted octanol–water partition coefficient (Wildman–Crippen LogP) is 1.81. The minimum absolute atomic E-state index is 0.0876. The average molecular weight is 381 g/mol. The van der Waals surface area contributed by atoms with E-state index in [4.69, 9.17) is 4.74 Å². The molecule has 1 aliphatic rings. The highest BCUT2D eigenvalue weighted by Crippen LogP contribution is 2.15. The highest BCUT2D eigenvalue weighted by Gasteiger charge is 2.16. The minimum atomic E-state index is -0.177. The molecule has 1 N–H and O–H groups in total. The molecule has 0 radical (unpaired) electrons. The third kappa shape index (κ3) is 6.18. The van der Waals surface area contributed by atoms with Crippen molar-refractivity contribution in [2.75, 3.05) is 45.9 Å². The summed E-state index contributed by atoms with van der Waals surface area (Å²) in [7, 11) is 0. The van der Waals surface area contributed by atoms with Gasteiger partial charge < -0.3 is 10.1 Å². The van der Waals surface area contributed by atoms with Crippen LogP contribution in [0.25, 0.3) is 0 Å². The van der Waals surface area contributed by atoms with E-state index in [1.807, 2.05) is 6.07 Å². The lowest BCUT2D eigenvalue weighted by molar-refractivity contribution is -0.123. The van der Waals surface area contributed by atoms with Crippen molar-refractivity contribution in [3.05, 3.63) is 65.7 Å². The molecule has 0 unspecified atom stereocenters. The molecule has 0 bridgehead atoms. The van der Waals surface area contributed by atoms with Crippen LogP contribution in [0, 0.1) is 0 Å². The lowest BCUT2D eigenvalue weighted by Crippen LogP contribution is -2.48. The van der Waals surface area contributed by atoms with Crippen molar-refractivity contribution in [2.45, 2.75) is 6.54 Å². The Balaban J connectivity index is 1.30. The Bertz CT molecular complexity index is 759. The summed E-state index contributed by atoms with van der Waals surface area (Å²) in [5.74, 6) is 0.255. The summed E-state index contributed by atoms with van der Waals surface area (Å²) < 4.78 is 5.44. The van der Waals surface area contributed by atoms with Gasteiger partial charge in [-0.05, 0) is 17.7 Å². The van der Waals surface area contributed by atoms with Crippen molar-refractivity contribution in [1.82, 2.24) is 15.1 Å². The fraction of sp³-hybridized carbons (Fsp3) is 0.364. The first-order valence-electron chi connectivity index (χ1n) is 9.67. The molecule has 6 heteroatoms. The largest absolute Gasteiger partial charge is 0.483 e. The number of aldehydes is 1. The maximum Gasteiger partial charge on any atom is 0.257 e. The summed E-state index contributed by atoms with van der Waals surface area (Å²) in [5.41, 5.74) is 1.79. The average Bonchev–Trinajstić information content (AvgIpc) is 2.74. The van der Waals surface area contributed by atoms with E-state index in [0.717, 1.165) is 45.6 Å². The lowest BCUT2D eigenvalue weighted by Gasteiger charge is -2.34. The van der Waals surface area contributed by atoms with Gasteiger partial charge in [0.15, 0.2) is 12.9 Å². The van der Waals surface area contributed by atoms with Crippen LogP contribution in [0.2, 0.25) is 0 Å². The monoisotopic (exact) mass is 381 g/mol. The number of carbonyl (C=O) groups is 2. The third-order valence-electron chi connectivity index (χ3n) is 4.87. The summed E-state index contributed by atoms with van der Waals surface area (Å²) in [4.78, 5) is 27.7. The van der Waals surface area contributed by atoms with Crippen molar-refractivity contribution < 1.29 is 14.3 Å². The van der Waals surface area contributed by atoms with Crippen LogP contribution in [0.3, 0.4) is 0 Å². The second-order valence-corrected chi connectivity index (χ2v) is 6.90. The molecule has 3 rings (SSSR count). The molecule has 0 saturated carbocycles. The first-order chi connectivity index (χ1) is 13.7. The zero-order valence-electron chi connectivity index (χ0n) is 16.0. The molecule has 0 aromatic heterocycles. The van der Waals surface area contributed by atoms with Crippen LogP contribution in [0.5, 0.6) is 5.75 Å². The van der Waals surface area contributed by atoms with Gasteiger partial charge in [-0.1, -0.05) is 42.5 Å². The molecule has 1 aliphatic heterocycles. The molecule has 2 aromatic carbocycles. The Morgan fingerprint density at radius 1 is 0.964 bits per heavy atom. The second-order valence-electron chi connectivity index (χ2n) is 6.90. The highest BCUT2D eigenvalue weighted by molar-refractivity contribution is 5.80. The Kier molecular flexibility index (Phi) is 7.58. The van der Waals surface area contributed by atoms with E-state index in [1.54, 1.807) is 24.3 Å². The number of carbonyl (C=O) groups excluding carboxylic acids is 2. The van der Waals surface area contributed by atoms with Crippen LogP contribution in [0.4, 0.5) is 0 Å².